The van der Waals surface area contributed by atoms with E-state index in [0.29, 0.717) is 23.9 Å². The van der Waals surface area contributed by atoms with Crippen LogP contribution >= 0.6 is 27.7 Å². The lowest BCUT2D eigenvalue weighted by molar-refractivity contribution is -0.125. The molecule has 4 rings (SSSR count). The molecule has 2 aromatic carbocycles. The summed E-state index contributed by atoms with van der Waals surface area (Å²) in [4.78, 5) is 14.5. The van der Waals surface area contributed by atoms with Crippen molar-refractivity contribution in [1.82, 2.24) is 4.90 Å². The molecule has 7 heteroatoms. The monoisotopic (exact) mass is 507 g/mol. The van der Waals surface area contributed by atoms with E-state index in [4.69, 9.17) is 4.42 Å². The van der Waals surface area contributed by atoms with E-state index in [1.807, 2.05) is 48.5 Å². The lowest BCUT2D eigenvalue weighted by Crippen LogP contribution is -2.32. The maximum atomic E-state index is 12.9. The molecule has 162 valence electrons. The van der Waals surface area contributed by atoms with Crippen LogP contribution < -0.4 is 0 Å². The molecule has 1 aliphatic heterocycles. The van der Waals surface area contributed by atoms with Crippen LogP contribution in [0.25, 0.3) is 11.3 Å². The molecule has 0 unspecified atom stereocenters. The van der Waals surface area contributed by atoms with Crippen LogP contribution in [0.5, 0.6) is 0 Å². The van der Waals surface area contributed by atoms with Crippen molar-refractivity contribution >= 4 is 45.0 Å². The molecule has 0 bridgehead atoms. The van der Waals surface area contributed by atoms with Crippen molar-refractivity contribution in [2.75, 3.05) is 6.54 Å². The third-order valence-electron chi connectivity index (χ3n) is 4.92. The van der Waals surface area contributed by atoms with Crippen molar-refractivity contribution in [3.05, 3.63) is 94.7 Å². The topological polar surface area (TPSA) is 58.2 Å². The fourth-order valence-electron chi connectivity index (χ4n) is 3.39. The van der Waals surface area contributed by atoms with Gasteiger partial charge in [0.2, 0.25) is 5.91 Å². The summed E-state index contributed by atoms with van der Waals surface area (Å²) >= 11 is 4.87. The van der Waals surface area contributed by atoms with Gasteiger partial charge < -0.3 is 4.42 Å². The summed E-state index contributed by atoms with van der Waals surface area (Å²) in [6.45, 7) is 6.22. The Labute approximate surface area is 200 Å². The Hall–Kier alpha value is -2.90. The van der Waals surface area contributed by atoms with Crippen molar-refractivity contribution in [2.45, 2.75) is 18.6 Å². The average Bonchev–Trinajstić information content (AvgIpc) is 3.35. The van der Waals surface area contributed by atoms with Crippen molar-refractivity contribution < 1.29 is 9.21 Å². The smallest absolute Gasteiger partial charge is 0.242 e. The van der Waals surface area contributed by atoms with E-state index >= 15 is 0 Å². The maximum Gasteiger partial charge on any atom is 0.242 e. The second-order valence-corrected chi connectivity index (χ2v) is 9.46. The first-order valence-electron chi connectivity index (χ1n) is 10.1. The first kappa shape index (κ1) is 22.3. The molecular formula is C25H22BrN3O2S. The number of nitrogens with zero attached hydrogens (tertiary/aromatic N) is 3. The van der Waals surface area contributed by atoms with Gasteiger partial charge in [-0.15, -0.1) is 11.7 Å². The number of amidine groups is 1. The number of furan rings is 1. The van der Waals surface area contributed by atoms with E-state index in [2.05, 4.69) is 51.8 Å². The molecule has 1 amide bonds. The largest absolute Gasteiger partial charge is 0.455 e. The van der Waals surface area contributed by atoms with E-state index in [1.165, 1.54) is 17.3 Å². The standard InChI is InChI=1S/C25H22BrN3O2S/c1-3-13-29-24(30)23(15-18-6-4-5-17(2)14-18)32-25(29)28-27-16-21-11-12-22(31-21)19-7-9-20(26)10-8-19/h3-12,14,16,23H,1,13,15H2,2H3/b27-16-,28-25-/t23-/m1/s1. The zero-order chi connectivity index (χ0) is 22.5. The van der Waals surface area contributed by atoms with Gasteiger partial charge in [-0.1, -0.05) is 75.7 Å². The van der Waals surface area contributed by atoms with E-state index < -0.39 is 0 Å². The molecule has 0 N–H and O–H groups in total. The Morgan fingerprint density at radius 3 is 2.75 bits per heavy atom. The number of hydrogen-bond donors (Lipinski definition) is 0. The van der Waals surface area contributed by atoms with E-state index in [1.54, 1.807) is 17.2 Å². The summed E-state index contributed by atoms with van der Waals surface area (Å²) in [6.07, 6.45) is 3.90. The maximum absolute atomic E-state index is 12.9. The minimum absolute atomic E-state index is 0.0286. The Bertz CT molecular complexity index is 1180. The van der Waals surface area contributed by atoms with Crippen molar-refractivity contribution in [2.24, 2.45) is 10.2 Å². The number of hydrogen-bond acceptors (Lipinski definition) is 5. The Balaban J connectivity index is 1.48. The number of halogens is 1. The summed E-state index contributed by atoms with van der Waals surface area (Å²) < 4.78 is 6.86. The second kappa shape index (κ2) is 10.1. The molecule has 2 heterocycles. The minimum Gasteiger partial charge on any atom is -0.455 e. The fraction of sp³-hybridized carbons (Fsp3) is 0.160. The molecule has 1 atom stereocenters. The zero-order valence-corrected chi connectivity index (χ0v) is 20.0. The van der Waals surface area contributed by atoms with Gasteiger partial charge in [0, 0.05) is 16.6 Å². The highest BCUT2D eigenvalue weighted by molar-refractivity contribution is 9.10. The van der Waals surface area contributed by atoms with Crippen LogP contribution in [0.15, 0.2) is 92.4 Å². The van der Waals surface area contributed by atoms with Crippen LogP contribution in [0.1, 0.15) is 16.9 Å². The molecule has 0 saturated carbocycles. The Morgan fingerprint density at radius 1 is 1.19 bits per heavy atom. The number of rotatable bonds is 7. The van der Waals surface area contributed by atoms with Gasteiger partial charge >= 0.3 is 0 Å². The third-order valence-corrected chi connectivity index (χ3v) is 6.61. The minimum atomic E-state index is -0.224. The van der Waals surface area contributed by atoms with Gasteiger partial charge in [-0.05, 0) is 43.2 Å². The predicted octanol–water partition coefficient (Wildman–Crippen LogP) is 6.08. The second-order valence-electron chi connectivity index (χ2n) is 7.37. The third kappa shape index (κ3) is 5.29. The van der Waals surface area contributed by atoms with Gasteiger partial charge in [0.05, 0.1) is 11.5 Å². The van der Waals surface area contributed by atoms with Gasteiger partial charge in [0.25, 0.3) is 0 Å². The normalized spacial score (nSPS) is 17.6. The molecule has 32 heavy (non-hydrogen) atoms. The molecule has 3 aromatic rings. The summed E-state index contributed by atoms with van der Waals surface area (Å²) in [5.74, 6) is 1.37. The van der Waals surface area contributed by atoms with Crippen LogP contribution in [-0.4, -0.2) is 34.0 Å². The molecule has 1 aliphatic rings. The number of benzene rings is 2. The number of thioether (sulfide) groups is 1. The van der Waals surface area contributed by atoms with Gasteiger partial charge in [0.1, 0.15) is 11.5 Å². The lowest BCUT2D eigenvalue weighted by Gasteiger charge is -2.12. The number of amides is 1. The van der Waals surface area contributed by atoms with Crippen LogP contribution in [0.2, 0.25) is 0 Å². The Kier molecular flexibility index (Phi) is 7.07. The van der Waals surface area contributed by atoms with Crippen molar-refractivity contribution in [3.8, 4) is 11.3 Å². The highest BCUT2D eigenvalue weighted by atomic mass is 79.9. The molecular weight excluding hydrogens is 486 g/mol. The molecule has 1 aromatic heterocycles. The highest BCUT2D eigenvalue weighted by Crippen LogP contribution is 2.30. The molecule has 0 spiro atoms. The summed E-state index contributed by atoms with van der Waals surface area (Å²) in [5, 5.41) is 8.84. The summed E-state index contributed by atoms with van der Waals surface area (Å²) in [7, 11) is 0. The van der Waals surface area contributed by atoms with Crippen molar-refractivity contribution in [1.29, 1.82) is 0 Å². The first-order valence-corrected chi connectivity index (χ1v) is 11.8. The number of carbonyl (C=O) groups is 1. The number of aryl methyl sites for hydroxylation is 1. The van der Waals surface area contributed by atoms with E-state index in [9.17, 15) is 4.79 Å². The molecule has 0 radical (unpaired) electrons. The van der Waals surface area contributed by atoms with Crippen LogP contribution in [0, 0.1) is 6.92 Å². The SMILES string of the molecule is C=CCN1C(=O)[C@@H](Cc2cccc(C)c2)S/C1=N\N=C/c1ccc(-c2ccc(Br)cc2)o1. The van der Waals surface area contributed by atoms with Crippen LogP contribution in [0.3, 0.4) is 0 Å². The molecule has 5 nitrogen and oxygen atoms in total. The lowest BCUT2D eigenvalue weighted by atomic mass is 10.1. The Morgan fingerprint density at radius 2 is 2.00 bits per heavy atom. The first-order chi connectivity index (χ1) is 15.5. The average molecular weight is 508 g/mol. The predicted molar refractivity (Wildman–Crippen MR) is 135 cm³/mol. The molecule has 0 aliphatic carbocycles. The van der Waals surface area contributed by atoms with Gasteiger partial charge in [-0.2, -0.15) is 5.10 Å². The van der Waals surface area contributed by atoms with Gasteiger partial charge in [-0.3, -0.25) is 9.69 Å². The van der Waals surface area contributed by atoms with E-state index in [-0.39, 0.29) is 11.2 Å². The van der Waals surface area contributed by atoms with Gasteiger partial charge in [-0.25, -0.2) is 0 Å². The van der Waals surface area contributed by atoms with Crippen LogP contribution in [-0.2, 0) is 11.2 Å². The van der Waals surface area contributed by atoms with Crippen LogP contribution in [0.4, 0.5) is 0 Å². The summed E-state index contributed by atoms with van der Waals surface area (Å²) in [6, 6.07) is 19.9. The zero-order valence-electron chi connectivity index (χ0n) is 17.6. The summed E-state index contributed by atoms with van der Waals surface area (Å²) in [5.41, 5.74) is 3.29. The molecule has 1 fully saturated rings. The van der Waals surface area contributed by atoms with E-state index in [0.717, 1.165) is 21.4 Å². The number of carbonyl (C=O) groups excluding carboxylic acids is 1. The molecule has 1 saturated heterocycles. The van der Waals surface area contributed by atoms with Crippen molar-refractivity contribution in [3.63, 3.8) is 0 Å². The fourth-order valence-corrected chi connectivity index (χ4v) is 4.80. The highest BCUT2D eigenvalue weighted by Gasteiger charge is 2.37. The quantitative estimate of drug-likeness (QED) is 0.221. The van der Waals surface area contributed by atoms with Gasteiger partial charge in [0.15, 0.2) is 5.17 Å².